The minimum absolute atomic E-state index is 0.287. The quantitative estimate of drug-likeness (QED) is 0.760. The van der Waals surface area contributed by atoms with E-state index in [4.69, 9.17) is 4.74 Å². The molecule has 0 atom stereocenters. The number of hydrogen-bond acceptors (Lipinski definition) is 3. The van der Waals surface area contributed by atoms with Crippen LogP contribution >= 0.6 is 0 Å². The summed E-state index contributed by atoms with van der Waals surface area (Å²) in [4.78, 5) is 11.5. The van der Waals surface area contributed by atoms with Gasteiger partial charge in [0.1, 0.15) is 0 Å². The summed E-state index contributed by atoms with van der Waals surface area (Å²) in [5.74, 6) is -0.287. The zero-order valence-corrected chi connectivity index (χ0v) is 9.88. The molecule has 0 saturated heterocycles. The number of ether oxygens (including phenoxy) is 1. The van der Waals surface area contributed by atoms with Crippen molar-refractivity contribution < 1.29 is 9.53 Å². The number of aryl methyl sites for hydroxylation is 1. The fourth-order valence-corrected chi connectivity index (χ4v) is 1.58. The molecule has 17 heavy (non-hydrogen) atoms. The zero-order valence-electron chi connectivity index (χ0n) is 9.88. The van der Waals surface area contributed by atoms with Crippen molar-refractivity contribution in [2.75, 3.05) is 6.61 Å². The molecule has 0 bridgehead atoms. The highest BCUT2D eigenvalue weighted by Gasteiger charge is 2.06. The Morgan fingerprint density at radius 3 is 2.53 bits per heavy atom. The van der Waals surface area contributed by atoms with Gasteiger partial charge < -0.3 is 4.74 Å². The van der Waals surface area contributed by atoms with Gasteiger partial charge in [0.05, 0.1) is 18.4 Å². The van der Waals surface area contributed by atoms with Crippen LogP contribution in [-0.4, -0.2) is 22.4 Å². The first-order valence-corrected chi connectivity index (χ1v) is 5.47. The molecule has 4 nitrogen and oxygen atoms in total. The number of rotatable bonds is 3. The normalized spacial score (nSPS) is 10.2. The third-order valence-corrected chi connectivity index (χ3v) is 2.43. The van der Waals surface area contributed by atoms with E-state index in [1.807, 2.05) is 25.4 Å². The summed E-state index contributed by atoms with van der Waals surface area (Å²) in [5.41, 5.74) is 2.63. The lowest BCUT2D eigenvalue weighted by Gasteiger charge is -2.02. The fraction of sp³-hybridized carbons (Fsp3) is 0.231. The maximum Gasteiger partial charge on any atom is 0.338 e. The van der Waals surface area contributed by atoms with Gasteiger partial charge >= 0.3 is 5.97 Å². The van der Waals surface area contributed by atoms with E-state index < -0.39 is 0 Å². The molecule has 0 fully saturated rings. The Morgan fingerprint density at radius 2 is 2.00 bits per heavy atom. The van der Waals surface area contributed by atoms with E-state index in [0.29, 0.717) is 12.2 Å². The van der Waals surface area contributed by atoms with Gasteiger partial charge in [-0.05, 0) is 24.6 Å². The predicted molar refractivity (Wildman–Crippen MR) is 64.6 cm³/mol. The van der Waals surface area contributed by atoms with Crippen LogP contribution in [0, 0.1) is 0 Å². The van der Waals surface area contributed by atoms with Crippen LogP contribution in [-0.2, 0) is 11.8 Å². The lowest BCUT2D eigenvalue weighted by atomic mass is 10.1. The van der Waals surface area contributed by atoms with Crippen molar-refractivity contribution >= 4 is 5.97 Å². The molecule has 0 N–H and O–H groups in total. The number of carbonyl (C=O) groups excluding carboxylic acids is 1. The average Bonchev–Trinajstić information content (AvgIpc) is 2.76. The zero-order chi connectivity index (χ0) is 12.3. The Bertz CT molecular complexity index is 514. The molecule has 0 radical (unpaired) electrons. The number of carbonyl (C=O) groups is 1. The van der Waals surface area contributed by atoms with Crippen molar-refractivity contribution in [1.82, 2.24) is 9.78 Å². The molecule has 0 aliphatic carbocycles. The molecular formula is C13H14N2O2. The molecule has 0 amide bonds. The first-order valence-electron chi connectivity index (χ1n) is 5.47. The summed E-state index contributed by atoms with van der Waals surface area (Å²) in [6.07, 6.45) is 3.72. The van der Waals surface area contributed by atoms with E-state index in [0.717, 1.165) is 11.1 Å². The van der Waals surface area contributed by atoms with Gasteiger partial charge in [0, 0.05) is 18.8 Å². The molecule has 88 valence electrons. The van der Waals surface area contributed by atoms with Crippen LogP contribution in [0.5, 0.6) is 0 Å². The van der Waals surface area contributed by atoms with Crippen molar-refractivity contribution in [3.8, 4) is 11.1 Å². The highest BCUT2D eigenvalue weighted by Crippen LogP contribution is 2.18. The lowest BCUT2D eigenvalue weighted by Crippen LogP contribution is -2.03. The average molecular weight is 230 g/mol. The van der Waals surface area contributed by atoms with Crippen LogP contribution in [0.25, 0.3) is 11.1 Å². The summed E-state index contributed by atoms with van der Waals surface area (Å²) in [7, 11) is 1.87. The standard InChI is InChI=1S/C13H14N2O2/c1-3-17-13(16)11-6-4-10(5-7-11)12-8-14-15(2)9-12/h4-9H,3H2,1-2H3. The molecule has 0 unspecified atom stereocenters. The fourth-order valence-electron chi connectivity index (χ4n) is 1.58. The summed E-state index contributed by atoms with van der Waals surface area (Å²) in [6.45, 7) is 2.19. The Kier molecular flexibility index (Phi) is 3.23. The molecule has 1 aromatic heterocycles. The van der Waals surface area contributed by atoms with Crippen LogP contribution < -0.4 is 0 Å². The highest BCUT2D eigenvalue weighted by atomic mass is 16.5. The molecule has 0 aliphatic heterocycles. The van der Waals surface area contributed by atoms with Gasteiger partial charge in [-0.25, -0.2) is 4.79 Å². The number of hydrogen-bond donors (Lipinski definition) is 0. The molecule has 0 spiro atoms. The Morgan fingerprint density at radius 1 is 1.29 bits per heavy atom. The van der Waals surface area contributed by atoms with Gasteiger partial charge in [-0.1, -0.05) is 12.1 Å². The van der Waals surface area contributed by atoms with E-state index in [-0.39, 0.29) is 5.97 Å². The largest absolute Gasteiger partial charge is 0.462 e. The first-order chi connectivity index (χ1) is 8.20. The van der Waals surface area contributed by atoms with Gasteiger partial charge in [-0.2, -0.15) is 5.10 Å². The van der Waals surface area contributed by atoms with E-state index in [2.05, 4.69) is 5.10 Å². The van der Waals surface area contributed by atoms with Crippen LogP contribution in [0.15, 0.2) is 36.7 Å². The van der Waals surface area contributed by atoms with Crippen molar-refractivity contribution in [1.29, 1.82) is 0 Å². The van der Waals surface area contributed by atoms with E-state index in [1.165, 1.54) is 0 Å². The molecular weight excluding hydrogens is 216 g/mol. The van der Waals surface area contributed by atoms with Gasteiger partial charge in [0.25, 0.3) is 0 Å². The Hall–Kier alpha value is -2.10. The predicted octanol–water partition coefficient (Wildman–Crippen LogP) is 2.26. The topological polar surface area (TPSA) is 44.1 Å². The number of aromatic nitrogens is 2. The van der Waals surface area contributed by atoms with Crippen molar-refractivity contribution in [3.63, 3.8) is 0 Å². The van der Waals surface area contributed by atoms with Crippen LogP contribution in [0.2, 0.25) is 0 Å². The molecule has 2 rings (SSSR count). The highest BCUT2D eigenvalue weighted by molar-refractivity contribution is 5.90. The second kappa shape index (κ2) is 4.82. The van der Waals surface area contributed by atoms with Crippen molar-refractivity contribution in [2.24, 2.45) is 7.05 Å². The lowest BCUT2D eigenvalue weighted by molar-refractivity contribution is 0.0526. The van der Waals surface area contributed by atoms with E-state index in [1.54, 1.807) is 29.9 Å². The smallest absolute Gasteiger partial charge is 0.338 e. The summed E-state index contributed by atoms with van der Waals surface area (Å²) in [6, 6.07) is 7.31. The van der Waals surface area contributed by atoms with Gasteiger partial charge in [-0.3, -0.25) is 4.68 Å². The molecule has 1 aromatic carbocycles. The molecule has 0 saturated carbocycles. The van der Waals surface area contributed by atoms with Gasteiger partial charge in [-0.15, -0.1) is 0 Å². The summed E-state index contributed by atoms with van der Waals surface area (Å²) < 4.78 is 6.67. The van der Waals surface area contributed by atoms with Gasteiger partial charge in [0.2, 0.25) is 0 Å². The molecule has 4 heteroatoms. The monoisotopic (exact) mass is 230 g/mol. The van der Waals surface area contributed by atoms with Crippen LogP contribution in [0.3, 0.4) is 0 Å². The Balaban J connectivity index is 2.21. The second-order valence-corrected chi connectivity index (χ2v) is 3.70. The molecule has 0 aliphatic rings. The summed E-state index contributed by atoms with van der Waals surface area (Å²) in [5, 5.41) is 4.11. The second-order valence-electron chi connectivity index (χ2n) is 3.70. The maximum atomic E-state index is 11.5. The SMILES string of the molecule is CCOC(=O)c1ccc(-c2cnn(C)c2)cc1. The first kappa shape index (κ1) is 11.4. The minimum atomic E-state index is -0.287. The van der Waals surface area contributed by atoms with Crippen molar-refractivity contribution in [2.45, 2.75) is 6.92 Å². The minimum Gasteiger partial charge on any atom is -0.462 e. The van der Waals surface area contributed by atoms with E-state index in [9.17, 15) is 4.79 Å². The third kappa shape index (κ3) is 2.53. The van der Waals surface area contributed by atoms with Crippen LogP contribution in [0.1, 0.15) is 17.3 Å². The molecule has 1 heterocycles. The van der Waals surface area contributed by atoms with E-state index >= 15 is 0 Å². The van der Waals surface area contributed by atoms with Crippen molar-refractivity contribution in [3.05, 3.63) is 42.2 Å². The number of nitrogens with zero attached hydrogens (tertiary/aromatic N) is 2. The summed E-state index contributed by atoms with van der Waals surface area (Å²) >= 11 is 0. The van der Waals surface area contributed by atoms with Crippen LogP contribution in [0.4, 0.5) is 0 Å². The number of esters is 1. The maximum absolute atomic E-state index is 11.5. The van der Waals surface area contributed by atoms with Gasteiger partial charge in [0.15, 0.2) is 0 Å². The molecule has 2 aromatic rings. The third-order valence-electron chi connectivity index (χ3n) is 2.43. The Labute approximate surface area is 99.8 Å². The number of benzene rings is 1.